The van der Waals surface area contributed by atoms with Crippen LogP contribution in [0.3, 0.4) is 0 Å². The lowest BCUT2D eigenvalue weighted by atomic mass is 9.69. The fourth-order valence-electron chi connectivity index (χ4n) is 4.92. The van der Waals surface area contributed by atoms with Crippen molar-refractivity contribution in [1.82, 2.24) is 0 Å². The number of Topliss-reactive ketones (excluding diaryl/α,β-unsaturated/α-hetero) is 1. The SMILES string of the molecule is COc1ccccc1C1CC(=O)C2=C(C1)N=C(C)C(C(=O)OC(C)C)C2c1ccc(Cl)cc1. The monoisotopic (exact) mass is 465 g/mol. The number of allylic oxidation sites excluding steroid dienone is 2. The highest BCUT2D eigenvalue weighted by molar-refractivity contribution is 6.30. The number of esters is 1. The van der Waals surface area contributed by atoms with E-state index in [2.05, 4.69) is 0 Å². The average molecular weight is 466 g/mol. The van der Waals surface area contributed by atoms with E-state index in [0.717, 1.165) is 22.6 Å². The van der Waals surface area contributed by atoms with Crippen molar-refractivity contribution in [3.8, 4) is 5.75 Å². The first-order valence-electron chi connectivity index (χ1n) is 11.2. The number of aliphatic imine (C=N–C) groups is 1. The van der Waals surface area contributed by atoms with Crippen molar-refractivity contribution in [2.75, 3.05) is 7.11 Å². The minimum absolute atomic E-state index is 0.00528. The molecule has 33 heavy (non-hydrogen) atoms. The van der Waals surface area contributed by atoms with Gasteiger partial charge < -0.3 is 9.47 Å². The first-order valence-corrected chi connectivity index (χ1v) is 11.6. The molecule has 0 N–H and O–H groups in total. The molecular weight excluding hydrogens is 438 g/mol. The van der Waals surface area contributed by atoms with E-state index in [-0.39, 0.29) is 23.8 Å². The van der Waals surface area contributed by atoms with Crippen molar-refractivity contribution in [2.24, 2.45) is 10.9 Å². The summed E-state index contributed by atoms with van der Waals surface area (Å²) in [5.74, 6) is -0.730. The second-order valence-corrected chi connectivity index (χ2v) is 9.31. The van der Waals surface area contributed by atoms with Gasteiger partial charge >= 0.3 is 5.97 Å². The maximum Gasteiger partial charge on any atom is 0.315 e. The Morgan fingerprint density at radius 1 is 1.09 bits per heavy atom. The van der Waals surface area contributed by atoms with Crippen molar-refractivity contribution in [1.29, 1.82) is 0 Å². The van der Waals surface area contributed by atoms with Gasteiger partial charge in [-0.3, -0.25) is 14.6 Å². The molecule has 2 aromatic carbocycles. The van der Waals surface area contributed by atoms with Crippen LogP contribution in [0.15, 0.2) is 64.8 Å². The van der Waals surface area contributed by atoms with Crippen LogP contribution in [0.1, 0.15) is 56.6 Å². The summed E-state index contributed by atoms with van der Waals surface area (Å²) in [5, 5.41) is 0.599. The smallest absolute Gasteiger partial charge is 0.315 e. The van der Waals surface area contributed by atoms with Gasteiger partial charge in [-0.05, 0) is 56.5 Å². The third-order valence-corrected chi connectivity index (χ3v) is 6.55. The number of halogens is 1. The van der Waals surface area contributed by atoms with E-state index in [0.29, 0.717) is 29.1 Å². The highest BCUT2D eigenvalue weighted by Gasteiger charge is 2.45. The number of ketones is 1. The van der Waals surface area contributed by atoms with Crippen LogP contribution < -0.4 is 4.74 Å². The minimum Gasteiger partial charge on any atom is -0.496 e. The number of methoxy groups -OCH3 is 1. The number of para-hydroxylation sites is 1. The van der Waals surface area contributed by atoms with Gasteiger partial charge in [0, 0.05) is 40.3 Å². The van der Waals surface area contributed by atoms with Gasteiger partial charge in [-0.25, -0.2) is 0 Å². The van der Waals surface area contributed by atoms with Crippen molar-refractivity contribution in [3.05, 3.63) is 76.0 Å². The zero-order valence-corrected chi connectivity index (χ0v) is 20.1. The molecule has 1 aliphatic heterocycles. The van der Waals surface area contributed by atoms with Crippen LogP contribution in [-0.4, -0.2) is 30.7 Å². The number of hydrogen-bond donors (Lipinski definition) is 0. The first kappa shape index (κ1) is 23.2. The maximum absolute atomic E-state index is 13.6. The van der Waals surface area contributed by atoms with Crippen LogP contribution in [0.2, 0.25) is 5.02 Å². The molecule has 5 nitrogen and oxygen atoms in total. The molecule has 0 bridgehead atoms. The molecule has 2 aromatic rings. The summed E-state index contributed by atoms with van der Waals surface area (Å²) in [4.78, 5) is 31.6. The van der Waals surface area contributed by atoms with Gasteiger partial charge in [-0.1, -0.05) is 41.9 Å². The van der Waals surface area contributed by atoms with Gasteiger partial charge in [0.1, 0.15) is 11.7 Å². The van der Waals surface area contributed by atoms with Gasteiger partial charge in [-0.2, -0.15) is 0 Å². The standard InChI is InChI=1S/C27H28ClNO4/c1-15(2)33-27(31)24-16(3)29-21-13-18(20-7-5-6-8-23(20)32-4)14-22(30)26(21)25(24)17-9-11-19(28)12-10-17/h5-12,15,18,24-25H,13-14H2,1-4H3. The summed E-state index contributed by atoms with van der Waals surface area (Å²) >= 11 is 6.12. The van der Waals surface area contributed by atoms with E-state index in [1.54, 1.807) is 19.2 Å². The van der Waals surface area contributed by atoms with E-state index < -0.39 is 11.8 Å². The van der Waals surface area contributed by atoms with E-state index in [4.69, 9.17) is 26.1 Å². The van der Waals surface area contributed by atoms with Gasteiger partial charge in [0.2, 0.25) is 0 Å². The van der Waals surface area contributed by atoms with Gasteiger partial charge in [0.25, 0.3) is 0 Å². The lowest BCUT2D eigenvalue weighted by molar-refractivity contribution is -0.150. The molecule has 1 aliphatic carbocycles. The third kappa shape index (κ3) is 4.60. The summed E-state index contributed by atoms with van der Waals surface area (Å²) in [7, 11) is 1.64. The van der Waals surface area contributed by atoms with Crippen molar-refractivity contribution < 1.29 is 19.1 Å². The van der Waals surface area contributed by atoms with Gasteiger partial charge in [-0.15, -0.1) is 0 Å². The number of rotatable bonds is 5. The molecule has 0 saturated carbocycles. The minimum atomic E-state index is -0.654. The van der Waals surface area contributed by atoms with Crippen LogP contribution in [0, 0.1) is 5.92 Å². The molecule has 0 fully saturated rings. The summed E-state index contributed by atoms with van der Waals surface area (Å²) < 4.78 is 11.1. The van der Waals surface area contributed by atoms with E-state index in [1.165, 1.54) is 0 Å². The molecule has 4 rings (SSSR count). The molecule has 0 aromatic heterocycles. The Bertz CT molecular complexity index is 1130. The second-order valence-electron chi connectivity index (χ2n) is 8.88. The fourth-order valence-corrected chi connectivity index (χ4v) is 5.05. The molecular formula is C27H28ClNO4. The molecule has 3 unspecified atom stereocenters. The Morgan fingerprint density at radius 3 is 2.45 bits per heavy atom. The van der Waals surface area contributed by atoms with Crippen LogP contribution in [-0.2, 0) is 14.3 Å². The molecule has 1 heterocycles. The van der Waals surface area contributed by atoms with Crippen LogP contribution in [0.25, 0.3) is 0 Å². The maximum atomic E-state index is 13.6. The zero-order valence-electron chi connectivity index (χ0n) is 19.3. The van der Waals surface area contributed by atoms with E-state index in [9.17, 15) is 9.59 Å². The summed E-state index contributed by atoms with van der Waals surface area (Å²) in [6.45, 7) is 5.48. The summed E-state index contributed by atoms with van der Waals surface area (Å²) in [5.41, 5.74) is 3.87. The molecule has 0 saturated heterocycles. The molecule has 172 valence electrons. The number of benzene rings is 2. The first-order chi connectivity index (χ1) is 15.8. The molecule has 2 aliphatic rings. The van der Waals surface area contributed by atoms with Crippen molar-refractivity contribution >= 4 is 29.1 Å². The zero-order chi connectivity index (χ0) is 23.7. The van der Waals surface area contributed by atoms with Crippen LogP contribution in [0.4, 0.5) is 0 Å². The van der Waals surface area contributed by atoms with Crippen molar-refractivity contribution in [2.45, 2.75) is 51.6 Å². The van der Waals surface area contributed by atoms with Crippen LogP contribution >= 0.6 is 11.6 Å². The van der Waals surface area contributed by atoms with Crippen molar-refractivity contribution in [3.63, 3.8) is 0 Å². The Balaban J connectivity index is 1.80. The highest BCUT2D eigenvalue weighted by Crippen LogP contribution is 2.48. The number of carbonyl (C=O) groups is 2. The number of hydrogen-bond acceptors (Lipinski definition) is 5. The molecule has 0 spiro atoms. The van der Waals surface area contributed by atoms with E-state index in [1.807, 2.05) is 57.2 Å². The normalized spacial score (nSPS) is 22.7. The van der Waals surface area contributed by atoms with Gasteiger partial charge in [0.05, 0.1) is 13.2 Å². The Hall–Kier alpha value is -2.92. The third-order valence-electron chi connectivity index (χ3n) is 6.30. The molecule has 6 heteroatoms. The molecule has 0 amide bonds. The predicted octanol–water partition coefficient (Wildman–Crippen LogP) is 5.88. The predicted molar refractivity (Wildman–Crippen MR) is 129 cm³/mol. The largest absolute Gasteiger partial charge is 0.496 e. The molecule has 3 atom stereocenters. The van der Waals surface area contributed by atoms with Gasteiger partial charge in [0.15, 0.2) is 5.78 Å². The quantitative estimate of drug-likeness (QED) is 0.517. The molecule has 0 radical (unpaired) electrons. The Kier molecular flexibility index (Phi) is 6.71. The fraction of sp³-hybridized carbons (Fsp3) is 0.370. The Morgan fingerprint density at radius 2 is 1.79 bits per heavy atom. The number of nitrogens with zero attached hydrogens (tertiary/aromatic N) is 1. The summed E-state index contributed by atoms with van der Waals surface area (Å²) in [6.07, 6.45) is 0.682. The average Bonchev–Trinajstić information content (AvgIpc) is 2.78. The summed E-state index contributed by atoms with van der Waals surface area (Å²) in [6, 6.07) is 15.1. The number of ether oxygens (including phenoxy) is 2. The Labute approximate surface area is 199 Å². The lowest BCUT2D eigenvalue weighted by Crippen LogP contribution is -2.38. The van der Waals surface area contributed by atoms with E-state index >= 15 is 0 Å². The number of carbonyl (C=O) groups excluding carboxylic acids is 2. The topological polar surface area (TPSA) is 65.0 Å². The van der Waals surface area contributed by atoms with Crippen LogP contribution in [0.5, 0.6) is 5.75 Å². The highest BCUT2D eigenvalue weighted by atomic mass is 35.5. The lowest BCUT2D eigenvalue weighted by Gasteiger charge is -2.37. The second kappa shape index (κ2) is 9.52.